The second kappa shape index (κ2) is 5.69. The highest BCUT2D eigenvalue weighted by molar-refractivity contribution is 5.38. The first kappa shape index (κ1) is 13.8. The molecule has 21 heavy (non-hydrogen) atoms. The summed E-state index contributed by atoms with van der Waals surface area (Å²) in [5.74, 6) is 0.0706. The van der Waals surface area contributed by atoms with Gasteiger partial charge in [0, 0.05) is 24.1 Å². The lowest BCUT2D eigenvalue weighted by atomic mass is 10.1. The first-order chi connectivity index (χ1) is 10.2. The number of hydrogen-bond donors (Lipinski definition) is 1. The van der Waals surface area contributed by atoms with Gasteiger partial charge in [0.1, 0.15) is 24.3 Å². The van der Waals surface area contributed by atoms with Crippen molar-refractivity contribution >= 4 is 0 Å². The van der Waals surface area contributed by atoms with Gasteiger partial charge in [-0.1, -0.05) is 12.1 Å². The Labute approximate surface area is 121 Å². The third kappa shape index (κ3) is 2.83. The fourth-order valence-electron chi connectivity index (χ4n) is 2.43. The van der Waals surface area contributed by atoms with Gasteiger partial charge in [0.25, 0.3) is 0 Å². The molecule has 1 atom stereocenters. The first-order valence-corrected chi connectivity index (χ1v) is 6.72. The van der Waals surface area contributed by atoms with E-state index in [1.807, 2.05) is 0 Å². The van der Waals surface area contributed by atoms with Crippen LogP contribution in [0.5, 0.6) is 11.5 Å². The van der Waals surface area contributed by atoms with Crippen LogP contribution in [0, 0.1) is 11.6 Å². The molecule has 5 heteroatoms. The predicted molar refractivity (Wildman–Crippen MR) is 74.3 cm³/mol. The topological polar surface area (TPSA) is 44.5 Å². The highest BCUT2D eigenvalue weighted by atomic mass is 19.1. The lowest BCUT2D eigenvalue weighted by molar-refractivity contribution is 0.144. The Kier molecular flexibility index (Phi) is 3.75. The summed E-state index contributed by atoms with van der Waals surface area (Å²) < 4.78 is 38.1. The van der Waals surface area contributed by atoms with Gasteiger partial charge < -0.3 is 15.2 Å². The number of fused-ring (bicyclic) bond motifs is 1. The van der Waals surface area contributed by atoms with Crippen LogP contribution < -0.4 is 15.2 Å². The van der Waals surface area contributed by atoms with Gasteiger partial charge in [0.2, 0.25) is 0 Å². The molecule has 2 aromatic rings. The number of para-hydroxylation sites is 1. The second-order valence-electron chi connectivity index (χ2n) is 4.94. The minimum absolute atomic E-state index is 0.158. The summed E-state index contributed by atoms with van der Waals surface area (Å²) in [7, 11) is 0. The Hall–Kier alpha value is -2.14. The van der Waals surface area contributed by atoms with Crippen molar-refractivity contribution in [1.29, 1.82) is 0 Å². The second-order valence-corrected chi connectivity index (χ2v) is 4.94. The maximum absolute atomic E-state index is 13.8. The number of ether oxygens (including phenoxy) is 2. The number of benzene rings is 2. The van der Waals surface area contributed by atoms with Gasteiger partial charge in [-0.25, -0.2) is 8.78 Å². The summed E-state index contributed by atoms with van der Waals surface area (Å²) in [6.45, 7) is 0.383. The number of rotatable bonds is 4. The van der Waals surface area contributed by atoms with Gasteiger partial charge in [-0.3, -0.25) is 0 Å². The molecule has 1 unspecified atom stereocenters. The SMILES string of the molecule is NCc1cccc(F)c1OCC1Cc2cc(F)ccc2O1. The summed E-state index contributed by atoms with van der Waals surface area (Å²) in [6.07, 6.45) is 0.284. The normalized spacial score (nSPS) is 16.4. The fourth-order valence-corrected chi connectivity index (χ4v) is 2.43. The van der Waals surface area contributed by atoms with Crippen LogP contribution in [0.25, 0.3) is 0 Å². The molecule has 2 aromatic carbocycles. The fraction of sp³-hybridized carbons (Fsp3) is 0.250. The molecule has 2 N–H and O–H groups in total. The lowest BCUT2D eigenvalue weighted by Gasteiger charge is -2.15. The van der Waals surface area contributed by atoms with Crippen LogP contribution >= 0.6 is 0 Å². The van der Waals surface area contributed by atoms with Gasteiger partial charge in [0.05, 0.1) is 0 Å². The molecule has 1 aliphatic heterocycles. The number of nitrogens with two attached hydrogens (primary N) is 1. The van der Waals surface area contributed by atoms with Crippen LogP contribution in [-0.2, 0) is 13.0 Å². The Bertz CT molecular complexity index is 661. The van der Waals surface area contributed by atoms with E-state index in [2.05, 4.69) is 0 Å². The Morgan fingerprint density at radius 2 is 2.10 bits per heavy atom. The van der Waals surface area contributed by atoms with Gasteiger partial charge >= 0.3 is 0 Å². The molecule has 0 fully saturated rings. The molecular formula is C16H15F2NO2. The third-order valence-electron chi connectivity index (χ3n) is 3.45. The average molecular weight is 291 g/mol. The van der Waals surface area contributed by atoms with E-state index in [1.165, 1.54) is 18.2 Å². The van der Waals surface area contributed by atoms with Crippen molar-refractivity contribution in [3.63, 3.8) is 0 Å². The molecule has 0 saturated carbocycles. The molecule has 0 bridgehead atoms. The van der Waals surface area contributed by atoms with Gasteiger partial charge in [-0.05, 0) is 24.3 Å². The zero-order valence-corrected chi connectivity index (χ0v) is 11.3. The molecule has 0 radical (unpaired) electrons. The Morgan fingerprint density at radius 1 is 1.24 bits per heavy atom. The maximum Gasteiger partial charge on any atom is 0.165 e. The van der Waals surface area contributed by atoms with Gasteiger partial charge in [0.15, 0.2) is 11.6 Å². The molecule has 1 aliphatic rings. The van der Waals surface area contributed by atoms with Crippen LogP contribution in [0.2, 0.25) is 0 Å². The van der Waals surface area contributed by atoms with Crippen LogP contribution in [0.1, 0.15) is 11.1 Å². The molecule has 0 amide bonds. The minimum atomic E-state index is -0.445. The van der Waals surface area contributed by atoms with Crippen LogP contribution in [0.15, 0.2) is 36.4 Å². The molecule has 110 valence electrons. The van der Waals surface area contributed by atoms with E-state index in [9.17, 15) is 8.78 Å². The smallest absolute Gasteiger partial charge is 0.165 e. The standard InChI is InChI=1S/C16H15F2NO2/c17-12-4-5-15-11(6-12)7-13(21-15)9-20-16-10(8-19)2-1-3-14(16)18/h1-6,13H,7-9,19H2. The molecule has 0 saturated heterocycles. The average Bonchev–Trinajstić information content (AvgIpc) is 2.87. The highest BCUT2D eigenvalue weighted by Gasteiger charge is 2.24. The Morgan fingerprint density at radius 3 is 2.90 bits per heavy atom. The zero-order chi connectivity index (χ0) is 14.8. The Balaban J connectivity index is 1.68. The van der Waals surface area contributed by atoms with Crippen molar-refractivity contribution in [3.8, 4) is 11.5 Å². The lowest BCUT2D eigenvalue weighted by Crippen LogP contribution is -2.23. The third-order valence-corrected chi connectivity index (χ3v) is 3.45. The summed E-state index contributed by atoms with van der Waals surface area (Å²) >= 11 is 0. The van der Waals surface area contributed by atoms with E-state index in [-0.39, 0.29) is 30.8 Å². The van der Waals surface area contributed by atoms with E-state index in [4.69, 9.17) is 15.2 Å². The molecule has 1 heterocycles. The molecule has 3 rings (SSSR count). The van der Waals surface area contributed by atoms with Crippen LogP contribution in [-0.4, -0.2) is 12.7 Å². The quantitative estimate of drug-likeness (QED) is 0.942. The maximum atomic E-state index is 13.8. The molecule has 0 aliphatic carbocycles. The number of halogens is 2. The summed E-state index contributed by atoms with van der Waals surface area (Å²) in [5.41, 5.74) is 6.98. The van der Waals surface area contributed by atoms with Crippen LogP contribution in [0.4, 0.5) is 8.78 Å². The van der Waals surface area contributed by atoms with Crippen LogP contribution in [0.3, 0.4) is 0 Å². The van der Waals surface area contributed by atoms with E-state index in [1.54, 1.807) is 18.2 Å². The van der Waals surface area contributed by atoms with E-state index >= 15 is 0 Å². The number of hydrogen-bond acceptors (Lipinski definition) is 3. The van der Waals surface area contributed by atoms with E-state index in [0.717, 1.165) is 5.56 Å². The minimum Gasteiger partial charge on any atom is -0.486 e. The van der Waals surface area contributed by atoms with E-state index < -0.39 is 5.82 Å². The molecule has 0 spiro atoms. The largest absolute Gasteiger partial charge is 0.486 e. The van der Waals surface area contributed by atoms with Crippen molar-refractivity contribution in [2.24, 2.45) is 5.73 Å². The van der Waals surface area contributed by atoms with Crippen molar-refractivity contribution in [3.05, 3.63) is 59.2 Å². The molecule has 3 nitrogen and oxygen atoms in total. The first-order valence-electron chi connectivity index (χ1n) is 6.72. The highest BCUT2D eigenvalue weighted by Crippen LogP contribution is 2.30. The monoisotopic (exact) mass is 291 g/mol. The molecular weight excluding hydrogens is 276 g/mol. The summed E-state index contributed by atoms with van der Waals surface area (Å²) in [5, 5.41) is 0. The van der Waals surface area contributed by atoms with Crippen molar-refractivity contribution in [1.82, 2.24) is 0 Å². The van der Waals surface area contributed by atoms with Crippen molar-refractivity contribution in [2.75, 3.05) is 6.61 Å². The zero-order valence-electron chi connectivity index (χ0n) is 11.3. The van der Waals surface area contributed by atoms with Crippen molar-refractivity contribution < 1.29 is 18.3 Å². The van der Waals surface area contributed by atoms with Gasteiger partial charge in [-0.15, -0.1) is 0 Å². The predicted octanol–water partition coefficient (Wildman–Crippen LogP) is 2.81. The van der Waals surface area contributed by atoms with E-state index in [0.29, 0.717) is 17.7 Å². The summed E-state index contributed by atoms with van der Waals surface area (Å²) in [6, 6.07) is 9.04. The molecule has 0 aromatic heterocycles. The van der Waals surface area contributed by atoms with Gasteiger partial charge in [-0.2, -0.15) is 0 Å². The van der Waals surface area contributed by atoms with Crippen molar-refractivity contribution in [2.45, 2.75) is 19.1 Å². The summed E-state index contributed by atoms with van der Waals surface area (Å²) in [4.78, 5) is 0.